The Kier molecular flexibility index (Phi) is 7.53. The van der Waals surface area contributed by atoms with Crippen molar-refractivity contribution in [2.24, 2.45) is 0 Å². The van der Waals surface area contributed by atoms with E-state index in [0.29, 0.717) is 0 Å². The molecule has 0 unspecified atom stereocenters. The quantitative estimate of drug-likeness (QED) is 0.160. The number of furan rings is 1. The molecule has 0 aliphatic heterocycles. The van der Waals surface area contributed by atoms with Crippen molar-refractivity contribution >= 4 is 71.3 Å². The van der Waals surface area contributed by atoms with Gasteiger partial charge in [-0.3, -0.25) is 0 Å². The molecule has 0 N–H and O–H groups in total. The molecule has 0 amide bonds. The van der Waals surface area contributed by atoms with Crippen molar-refractivity contribution in [2.45, 2.75) is 0 Å². The summed E-state index contributed by atoms with van der Waals surface area (Å²) in [6, 6.07) is 76.7. The Bertz CT molecular complexity index is 3260. The van der Waals surface area contributed by atoms with Crippen molar-refractivity contribution < 1.29 is 4.42 Å². The lowest BCUT2D eigenvalue weighted by Crippen LogP contribution is -2.12. The van der Waals surface area contributed by atoms with Crippen LogP contribution in [0, 0.1) is 0 Å². The van der Waals surface area contributed by atoms with E-state index in [2.05, 4.69) is 205 Å². The molecule has 0 atom stereocenters. The van der Waals surface area contributed by atoms with Crippen molar-refractivity contribution in [2.75, 3.05) is 4.90 Å². The maximum Gasteiger partial charge on any atom is 0.136 e. The molecule has 10 aromatic carbocycles. The normalized spacial score (nSPS) is 11.6. The Labute approximate surface area is 325 Å². The molecule has 1 aromatic heterocycles. The average Bonchev–Trinajstić information content (AvgIpc) is 3.65. The van der Waals surface area contributed by atoms with Crippen LogP contribution >= 0.6 is 0 Å². The van der Waals surface area contributed by atoms with Crippen molar-refractivity contribution in [1.29, 1.82) is 0 Å². The van der Waals surface area contributed by atoms with Crippen LogP contribution in [0.3, 0.4) is 0 Å². The molecule has 0 fully saturated rings. The summed E-state index contributed by atoms with van der Waals surface area (Å²) >= 11 is 0. The molecule has 0 saturated heterocycles. The lowest BCUT2D eigenvalue weighted by molar-refractivity contribution is 0.669. The molecule has 1 heterocycles. The van der Waals surface area contributed by atoms with E-state index in [1.807, 2.05) is 12.1 Å². The van der Waals surface area contributed by atoms with Crippen molar-refractivity contribution in [1.82, 2.24) is 0 Å². The van der Waals surface area contributed by atoms with Gasteiger partial charge in [-0.15, -0.1) is 0 Å². The standard InChI is InChI=1S/C54H35NO/c1-2-14-38-33-41(26-25-36(38)13-1)44-17-7-10-22-51(44)55(42-30-27-37(28-31-42)39-29-32-49-48-21-9-12-24-53(48)56-54(49)35-39)52-23-11-8-20-47(52)50-34-40-15-3-4-16-43(40)45-18-5-6-19-46(45)50/h1-35H. The number of para-hydroxylation sites is 3. The van der Waals surface area contributed by atoms with Crippen LogP contribution in [0.25, 0.3) is 87.6 Å². The Morgan fingerprint density at radius 2 is 0.857 bits per heavy atom. The van der Waals surface area contributed by atoms with Crippen LogP contribution in [0.5, 0.6) is 0 Å². The van der Waals surface area contributed by atoms with Gasteiger partial charge in [0.25, 0.3) is 0 Å². The first kappa shape index (κ1) is 32.0. The first-order chi connectivity index (χ1) is 27.8. The number of anilines is 3. The highest BCUT2D eigenvalue weighted by molar-refractivity contribution is 6.15. The molecule has 0 aliphatic carbocycles. The van der Waals surface area contributed by atoms with E-state index in [9.17, 15) is 0 Å². The van der Waals surface area contributed by atoms with Crippen LogP contribution < -0.4 is 4.90 Å². The van der Waals surface area contributed by atoms with Crippen LogP contribution in [0.2, 0.25) is 0 Å². The molecule has 56 heavy (non-hydrogen) atoms. The molecule has 0 spiro atoms. The monoisotopic (exact) mass is 713 g/mol. The number of rotatable bonds is 6. The van der Waals surface area contributed by atoms with Gasteiger partial charge in [0.2, 0.25) is 0 Å². The predicted molar refractivity (Wildman–Crippen MR) is 237 cm³/mol. The molecular weight excluding hydrogens is 679 g/mol. The van der Waals surface area contributed by atoms with Crippen LogP contribution in [-0.4, -0.2) is 0 Å². The van der Waals surface area contributed by atoms with Gasteiger partial charge in [0.15, 0.2) is 0 Å². The third-order valence-corrected chi connectivity index (χ3v) is 11.2. The van der Waals surface area contributed by atoms with E-state index in [1.54, 1.807) is 0 Å². The smallest absolute Gasteiger partial charge is 0.136 e. The summed E-state index contributed by atoms with van der Waals surface area (Å²) in [5, 5.41) is 9.71. The minimum absolute atomic E-state index is 0.898. The van der Waals surface area contributed by atoms with Gasteiger partial charge in [0, 0.05) is 27.6 Å². The van der Waals surface area contributed by atoms with E-state index in [4.69, 9.17) is 4.42 Å². The molecular formula is C54H35NO. The predicted octanol–water partition coefficient (Wildman–Crippen LogP) is 15.5. The Morgan fingerprint density at radius 3 is 1.68 bits per heavy atom. The molecule has 0 bridgehead atoms. The summed E-state index contributed by atoms with van der Waals surface area (Å²) in [6.07, 6.45) is 0. The van der Waals surface area contributed by atoms with E-state index in [1.165, 1.54) is 49.0 Å². The van der Waals surface area contributed by atoms with Gasteiger partial charge in [-0.2, -0.15) is 0 Å². The van der Waals surface area contributed by atoms with Crippen LogP contribution in [0.15, 0.2) is 217 Å². The van der Waals surface area contributed by atoms with Crippen molar-refractivity contribution in [3.8, 4) is 33.4 Å². The molecule has 0 aliphatic rings. The minimum atomic E-state index is 0.898. The topological polar surface area (TPSA) is 16.4 Å². The van der Waals surface area contributed by atoms with Gasteiger partial charge in [-0.1, -0.05) is 158 Å². The Balaban J connectivity index is 1.11. The van der Waals surface area contributed by atoms with E-state index < -0.39 is 0 Å². The molecule has 0 radical (unpaired) electrons. The zero-order valence-corrected chi connectivity index (χ0v) is 30.6. The van der Waals surface area contributed by atoms with Gasteiger partial charge in [-0.05, 0) is 109 Å². The highest BCUT2D eigenvalue weighted by Gasteiger charge is 2.22. The summed E-state index contributed by atoms with van der Waals surface area (Å²) in [6.45, 7) is 0. The maximum absolute atomic E-state index is 6.28. The number of hydrogen-bond donors (Lipinski definition) is 0. The molecule has 2 nitrogen and oxygen atoms in total. The number of hydrogen-bond acceptors (Lipinski definition) is 2. The van der Waals surface area contributed by atoms with E-state index in [0.717, 1.165) is 55.7 Å². The van der Waals surface area contributed by atoms with Crippen LogP contribution in [-0.2, 0) is 0 Å². The first-order valence-corrected chi connectivity index (χ1v) is 19.2. The second kappa shape index (κ2) is 13.2. The second-order valence-corrected chi connectivity index (χ2v) is 14.5. The van der Waals surface area contributed by atoms with Gasteiger partial charge < -0.3 is 9.32 Å². The summed E-state index contributed by atoms with van der Waals surface area (Å²) in [5.41, 5.74) is 12.1. The largest absolute Gasteiger partial charge is 0.456 e. The molecule has 2 heteroatoms. The zero-order chi connectivity index (χ0) is 37.0. The first-order valence-electron chi connectivity index (χ1n) is 19.2. The van der Waals surface area contributed by atoms with Gasteiger partial charge in [0.1, 0.15) is 11.2 Å². The maximum atomic E-state index is 6.28. The van der Waals surface area contributed by atoms with E-state index >= 15 is 0 Å². The van der Waals surface area contributed by atoms with E-state index in [-0.39, 0.29) is 0 Å². The third-order valence-electron chi connectivity index (χ3n) is 11.2. The summed E-state index contributed by atoms with van der Waals surface area (Å²) < 4.78 is 6.28. The summed E-state index contributed by atoms with van der Waals surface area (Å²) in [4.78, 5) is 2.44. The fourth-order valence-electron chi connectivity index (χ4n) is 8.56. The molecule has 11 rings (SSSR count). The highest BCUT2D eigenvalue weighted by Crippen LogP contribution is 2.47. The summed E-state index contributed by atoms with van der Waals surface area (Å²) in [7, 11) is 0. The number of fused-ring (bicyclic) bond motifs is 7. The Hall–Kier alpha value is -7.42. The molecule has 0 saturated carbocycles. The fraction of sp³-hybridized carbons (Fsp3) is 0. The minimum Gasteiger partial charge on any atom is -0.456 e. The zero-order valence-electron chi connectivity index (χ0n) is 30.6. The lowest BCUT2D eigenvalue weighted by Gasteiger charge is -2.30. The number of nitrogens with zero attached hydrogens (tertiary/aromatic N) is 1. The second-order valence-electron chi connectivity index (χ2n) is 14.5. The molecule has 262 valence electrons. The molecule has 11 aromatic rings. The lowest BCUT2D eigenvalue weighted by atomic mass is 9.91. The van der Waals surface area contributed by atoms with Crippen LogP contribution in [0.4, 0.5) is 17.1 Å². The highest BCUT2D eigenvalue weighted by atomic mass is 16.3. The van der Waals surface area contributed by atoms with Gasteiger partial charge in [0.05, 0.1) is 11.4 Å². The SMILES string of the molecule is c1ccc(N(c2ccc(-c3ccc4c(c3)oc3ccccc34)cc2)c2ccccc2-c2cc3ccccc3c3ccccc23)c(-c2ccc3ccccc3c2)c1. The van der Waals surface area contributed by atoms with Crippen molar-refractivity contribution in [3.63, 3.8) is 0 Å². The third kappa shape index (κ3) is 5.34. The summed E-state index contributed by atoms with van der Waals surface area (Å²) in [5.74, 6) is 0. The van der Waals surface area contributed by atoms with Gasteiger partial charge in [-0.25, -0.2) is 0 Å². The Morgan fingerprint density at radius 1 is 0.286 bits per heavy atom. The van der Waals surface area contributed by atoms with Gasteiger partial charge >= 0.3 is 0 Å². The fourth-order valence-corrected chi connectivity index (χ4v) is 8.56. The van der Waals surface area contributed by atoms with Crippen molar-refractivity contribution in [3.05, 3.63) is 212 Å². The average molecular weight is 714 g/mol. The van der Waals surface area contributed by atoms with Crippen LogP contribution in [0.1, 0.15) is 0 Å². The number of benzene rings is 10.